The Kier molecular flexibility index (Phi) is 8.76. The van der Waals surface area contributed by atoms with Gasteiger partial charge in [0.05, 0.1) is 0 Å². The monoisotopic (exact) mass is 344 g/mol. The fraction of sp³-hybridized carbons (Fsp3) is 0.625. The van der Waals surface area contributed by atoms with Crippen LogP contribution < -0.4 is 0 Å². The van der Waals surface area contributed by atoms with Crippen LogP contribution in [0, 0.1) is 0 Å². The molecule has 0 radical (unpaired) electrons. The highest BCUT2D eigenvalue weighted by atomic mass is 127. The molecule has 0 unspecified atom stereocenters. The molecule has 17 heavy (non-hydrogen) atoms. The third-order valence-corrected chi connectivity index (χ3v) is 3.95. The number of alkyl halides is 1. The molecule has 1 heteroatoms. The Morgan fingerprint density at radius 3 is 1.82 bits per heavy atom. The molecule has 0 atom stereocenters. The van der Waals surface area contributed by atoms with E-state index in [4.69, 9.17) is 0 Å². The number of benzene rings is 1. The van der Waals surface area contributed by atoms with Crippen LogP contribution in [0.1, 0.15) is 56.6 Å². The lowest BCUT2D eigenvalue weighted by Gasteiger charge is -2.04. The summed E-state index contributed by atoms with van der Waals surface area (Å²) in [6.07, 6.45) is 10.7. The molecular formula is C16H25I. The van der Waals surface area contributed by atoms with Gasteiger partial charge in [-0.3, -0.25) is 0 Å². The Morgan fingerprint density at radius 2 is 1.29 bits per heavy atom. The summed E-state index contributed by atoms with van der Waals surface area (Å²) in [4.78, 5) is 0. The van der Waals surface area contributed by atoms with Gasteiger partial charge < -0.3 is 0 Å². The Bertz CT molecular complexity index is 276. The number of unbranched alkanes of at least 4 members (excludes halogenated alkanes) is 4. The van der Waals surface area contributed by atoms with E-state index in [0.29, 0.717) is 0 Å². The van der Waals surface area contributed by atoms with Crippen LogP contribution in [-0.2, 0) is 12.8 Å². The number of hydrogen-bond donors (Lipinski definition) is 0. The van der Waals surface area contributed by atoms with E-state index in [1.165, 1.54) is 66.9 Å². The van der Waals surface area contributed by atoms with Crippen LogP contribution in [0.2, 0.25) is 0 Å². The zero-order valence-corrected chi connectivity index (χ0v) is 13.2. The van der Waals surface area contributed by atoms with Gasteiger partial charge in [0.1, 0.15) is 0 Å². The third kappa shape index (κ3) is 7.07. The van der Waals surface area contributed by atoms with E-state index >= 15 is 0 Å². The van der Waals surface area contributed by atoms with Crippen molar-refractivity contribution in [2.45, 2.75) is 58.3 Å². The summed E-state index contributed by atoms with van der Waals surface area (Å²) in [5.41, 5.74) is 3.01. The first-order chi connectivity index (χ1) is 8.36. The standard InChI is InChI=1S/C16H25I/c1-2-3-4-5-6-8-15-10-12-16(13-11-15)9-7-14-17/h10-13H,2-9,14H2,1H3. The zero-order valence-electron chi connectivity index (χ0n) is 11.1. The third-order valence-electron chi connectivity index (χ3n) is 3.19. The second kappa shape index (κ2) is 9.93. The minimum absolute atomic E-state index is 1.24. The molecule has 96 valence electrons. The highest BCUT2D eigenvalue weighted by molar-refractivity contribution is 14.1. The van der Waals surface area contributed by atoms with Crippen LogP contribution in [0.3, 0.4) is 0 Å². The van der Waals surface area contributed by atoms with Gasteiger partial charge in [-0.15, -0.1) is 0 Å². The highest BCUT2D eigenvalue weighted by Gasteiger charge is 1.96. The maximum absolute atomic E-state index is 2.45. The topological polar surface area (TPSA) is 0 Å². The fourth-order valence-corrected chi connectivity index (χ4v) is 2.46. The summed E-state index contributed by atoms with van der Waals surface area (Å²) in [5.74, 6) is 0. The van der Waals surface area contributed by atoms with Gasteiger partial charge in [-0.1, -0.05) is 79.5 Å². The minimum Gasteiger partial charge on any atom is -0.0864 e. The molecule has 0 saturated carbocycles. The van der Waals surface area contributed by atoms with Crippen LogP contribution in [-0.4, -0.2) is 4.43 Å². The fourth-order valence-electron chi connectivity index (χ4n) is 2.08. The molecule has 0 fully saturated rings. The van der Waals surface area contributed by atoms with Crippen molar-refractivity contribution in [2.75, 3.05) is 4.43 Å². The van der Waals surface area contributed by atoms with Gasteiger partial charge in [0.25, 0.3) is 0 Å². The first-order valence-electron chi connectivity index (χ1n) is 7.00. The molecule has 0 aliphatic carbocycles. The molecule has 1 aromatic rings. The highest BCUT2D eigenvalue weighted by Crippen LogP contribution is 2.11. The van der Waals surface area contributed by atoms with Gasteiger partial charge in [0, 0.05) is 0 Å². The number of rotatable bonds is 9. The maximum Gasteiger partial charge on any atom is -0.000156 e. The molecule has 0 spiro atoms. The van der Waals surface area contributed by atoms with Crippen LogP contribution in [0.4, 0.5) is 0 Å². The van der Waals surface area contributed by atoms with Crippen molar-refractivity contribution in [1.29, 1.82) is 0 Å². The molecule has 0 saturated heterocycles. The zero-order chi connectivity index (χ0) is 12.3. The summed E-state index contributed by atoms with van der Waals surface area (Å²) in [6, 6.07) is 9.27. The lowest BCUT2D eigenvalue weighted by molar-refractivity contribution is 0.632. The van der Waals surface area contributed by atoms with Crippen molar-refractivity contribution in [3.05, 3.63) is 35.4 Å². The largest absolute Gasteiger partial charge is 0.0864 e. The minimum atomic E-state index is 1.24. The average Bonchev–Trinajstić information content (AvgIpc) is 2.37. The predicted molar refractivity (Wildman–Crippen MR) is 86.1 cm³/mol. The smallest absolute Gasteiger partial charge is 0.000156 e. The van der Waals surface area contributed by atoms with E-state index in [2.05, 4.69) is 53.8 Å². The van der Waals surface area contributed by atoms with Gasteiger partial charge in [0.15, 0.2) is 0 Å². The van der Waals surface area contributed by atoms with Gasteiger partial charge in [0.2, 0.25) is 0 Å². The Labute approximate surface area is 120 Å². The predicted octanol–water partition coefficient (Wildman–Crippen LogP) is 5.57. The molecule has 0 aliphatic heterocycles. The van der Waals surface area contributed by atoms with Crippen LogP contribution in [0.15, 0.2) is 24.3 Å². The van der Waals surface area contributed by atoms with Crippen molar-refractivity contribution in [3.8, 4) is 0 Å². The van der Waals surface area contributed by atoms with Gasteiger partial charge in [-0.25, -0.2) is 0 Å². The second-order valence-corrected chi connectivity index (χ2v) is 5.85. The summed E-state index contributed by atoms with van der Waals surface area (Å²) >= 11 is 2.45. The van der Waals surface area contributed by atoms with Crippen molar-refractivity contribution in [1.82, 2.24) is 0 Å². The molecule has 1 rings (SSSR count). The molecule has 0 nitrogen and oxygen atoms in total. The van der Waals surface area contributed by atoms with E-state index in [9.17, 15) is 0 Å². The Balaban J connectivity index is 2.20. The normalized spacial score (nSPS) is 10.7. The van der Waals surface area contributed by atoms with Gasteiger partial charge >= 0.3 is 0 Å². The van der Waals surface area contributed by atoms with Crippen molar-refractivity contribution in [2.24, 2.45) is 0 Å². The summed E-state index contributed by atoms with van der Waals surface area (Å²) in [6.45, 7) is 2.27. The summed E-state index contributed by atoms with van der Waals surface area (Å²) in [5, 5.41) is 0. The van der Waals surface area contributed by atoms with Crippen molar-refractivity contribution >= 4 is 22.6 Å². The van der Waals surface area contributed by atoms with E-state index in [1.54, 1.807) is 0 Å². The molecule has 0 bridgehead atoms. The summed E-state index contributed by atoms with van der Waals surface area (Å²) in [7, 11) is 0. The lowest BCUT2D eigenvalue weighted by Crippen LogP contribution is -1.89. The molecule has 1 aromatic carbocycles. The number of aryl methyl sites for hydroxylation is 2. The van der Waals surface area contributed by atoms with E-state index in [0.717, 1.165) is 0 Å². The van der Waals surface area contributed by atoms with E-state index in [-0.39, 0.29) is 0 Å². The van der Waals surface area contributed by atoms with Gasteiger partial charge in [-0.05, 0) is 41.2 Å². The average molecular weight is 344 g/mol. The molecule has 0 amide bonds. The Hall–Kier alpha value is -0.0500. The van der Waals surface area contributed by atoms with Crippen LogP contribution >= 0.6 is 22.6 Å². The molecule has 0 aromatic heterocycles. The molecule has 0 N–H and O–H groups in total. The van der Waals surface area contributed by atoms with Crippen LogP contribution in [0.5, 0.6) is 0 Å². The quantitative estimate of drug-likeness (QED) is 0.312. The lowest BCUT2D eigenvalue weighted by atomic mass is 10.0. The van der Waals surface area contributed by atoms with Crippen molar-refractivity contribution < 1.29 is 0 Å². The second-order valence-electron chi connectivity index (χ2n) is 4.77. The molecule has 0 heterocycles. The molecule has 0 aliphatic rings. The van der Waals surface area contributed by atoms with E-state index < -0.39 is 0 Å². The maximum atomic E-state index is 2.45. The van der Waals surface area contributed by atoms with Crippen LogP contribution in [0.25, 0.3) is 0 Å². The first kappa shape index (κ1) is 15.0. The Morgan fingerprint density at radius 1 is 0.765 bits per heavy atom. The summed E-state index contributed by atoms with van der Waals surface area (Å²) < 4.78 is 1.26. The molecular weight excluding hydrogens is 319 g/mol. The first-order valence-corrected chi connectivity index (χ1v) is 8.53. The number of hydrogen-bond acceptors (Lipinski definition) is 0. The number of halogens is 1. The van der Waals surface area contributed by atoms with Gasteiger partial charge in [-0.2, -0.15) is 0 Å². The van der Waals surface area contributed by atoms with Crippen molar-refractivity contribution in [3.63, 3.8) is 0 Å². The van der Waals surface area contributed by atoms with E-state index in [1.807, 2.05) is 0 Å². The SMILES string of the molecule is CCCCCCCc1ccc(CCCI)cc1.